The molecule has 0 spiro atoms. The maximum absolute atomic E-state index is 12.0. The van der Waals surface area contributed by atoms with Gasteiger partial charge < -0.3 is 4.90 Å². The lowest BCUT2D eigenvalue weighted by atomic mass is 9.96. The molecule has 1 atom stereocenters. The standard InChI is InChI=1S/C14H19NO2/c1-10-7-5-6-8-12(10)13(16)9-11(2)14(17)15(3)4/h5-8,11H,9H2,1-4H3. The minimum atomic E-state index is -0.267. The van der Waals surface area contributed by atoms with Crippen molar-refractivity contribution in [2.75, 3.05) is 14.1 Å². The summed E-state index contributed by atoms with van der Waals surface area (Å²) in [7, 11) is 3.41. The molecule has 0 fully saturated rings. The zero-order chi connectivity index (χ0) is 13.0. The molecule has 0 heterocycles. The molecule has 17 heavy (non-hydrogen) atoms. The first-order chi connectivity index (χ1) is 7.93. The van der Waals surface area contributed by atoms with Gasteiger partial charge in [0.1, 0.15) is 0 Å². The summed E-state index contributed by atoms with van der Waals surface area (Å²) in [4.78, 5) is 25.2. The molecule has 0 bridgehead atoms. The second-order valence-electron chi connectivity index (χ2n) is 4.58. The molecule has 92 valence electrons. The van der Waals surface area contributed by atoms with Crippen molar-refractivity contribution in [1.29, 1.82) is 0 Å². The Hall–Kier alpha value is -1.64. The molecule has 3 nitrogen and oxygen atoms in total. The van der Waals surface area contributed by atoms with Crippen molar-refractivity contribution >= 4 is 11.7 Å². The van der Waals surface area contributed by atoms with Gasteiger partial charge in [-0.3, -0.25) is 9.59 Å². The van der Waals surface area contributed by atoms with Crippen molar-refractivity contribution in [2.45, 2.75) is 20.3 Å². The Morgan fingerprint density at radius 2 is 1.82 bits per heavy atom. The van der Waals surface area contributed by atoms with Gasteiger partial charge in [0, 0.05) is 32.0 Å². The van der Waals surface area contributed by atoms with Gasteiger partial charge in [0.05, 0.1) is 0 Å². The monoisotopic (exact) mass is 233 g/mol. The maximum Gasteiger partial charge on any atom is 0.225 e. The average Bonchev–Trinajstić information content (AvgIpc) is 2.28. The van der Waals surface area contributed by atoms with E-state index in [4.69, 9.17) is 0 Å². The average molecular weight is 233 g/mol. The SMILES string of the molecule is Cc1ccccc1C(=O)CC(C)C(=O)N(C)C. The molecule has 0 saturated carbocycles. The largest absolute Gasteiger partial charge is 0.349 e. The molecule has 3 heteroatoms. The van der Waals surface area contributed by atoms with E-state index in [2.05, 4.69) is 0 Å². The third-order valence-corrected chi connectivity index (χ3v) is 2.80. The van der Waals surface area contributed by atoms with Crippen LogP contribution in [0.15, 0.2) is 24.3 Å². The van der Waals surface area contributed by atoms with Crippen molar-refractivity contribution in [1.82, 2.24) is 4.90 Å². The van der Waals surface area contributed by atoms with E-state index in [0.717, 1.165) is 5.56 Å². The van der Waals surface area contributed by atoms with E-state index in [0.29, 0.717) is 5.56 Å². The number of hydrogen-bond acceptors (Lipinski definition) is 2. The van der Waals surface area contributed by atoms with Crippen LogP contribution >= 0.6 is 0 Å². The van der Waals surface area contributed by atoms with Crippen molar-refractivity contribution in [2.24, 2.45) is 5.92 Å². The Balaban J connectivity index is 2.74. The fraction of sp³-hybridized carbons (Fsp3) is 0.429. The molecule has 1 amide bonds. The van der Waals surface area contributed by atoms with Crippen LogP contribution in [0.4, 0.5) is 0 Å². The topological polar surface area (TPSA) is 37.4 Å². The lowest BCUT2D eigenvalue weighted by molar-refractivity contribution is -0.132. The fourth-order valence-electron chi connectivity index (χ4n) is 1.80. The molecular weight excluding hydrogens is 214 g/mol. The molecule has 1 rings (SSSR count). The summed E-state index contributed by atoms with van der Waals surface area (Å²) in [6, 6.07) is 7.47. The number of hydrogen-bond donors (Lipinski definition) is 0. The van der Waals surface area contributed by atoms with Crippen molar-refractivity contribution in [3.63, 3.8) is 0 Å². The highest BCUT2D eigenvalue weighted by molar-refractivity contribution is 5.99. The Labute approximate surface area is 102 Å². The molecular formula is C14H19NO2. The Morgan fingerprint density at radius 1 is 1.24 bits per heavy atom. The second-order valence-corrected chi connectivity index (χ2v) is 4.58. The number of nitrogens with zero attached hydrogens (tertiary/aromatic N) is 1. The van der Waals surface area contributed by atoms with Crippen LogP contribution in [0.5, 0.6) is 0 Å². The summed E-state index contributed by atoms with van der Waals surface area (Å²) in [6.07, 6.45) is 0.266. The summed E-state index contributed by atoms with van der Waals surface area (Å²) in [5, 5.41) is 0. The van der Waals surface area contributed by atoms with Crippen molar-refractivity contribution in [3.05, 3.63) is 35.4 Å². The number of carbonyl (C=O) groups excluding carboxylic acids is 2. The Kier molecular flexibility index (Phi) is 4.44. The number of benzene rings is 1. The van der Waals surface area contributed by atoms with Crippen LogP contribution in [0.25, 0.3) is 0 Å². The molecule has 0 radical (unpaired) electrons. The minimum Gasteiger partial charge on any atom is -0.349 e. The first-order valence-corrected chi connectivity index (χ1v) is 5.73. The molecule has 0 aliphatic heterocycles. The van der Waals surface area contributed by atoms with Crippen LogP contribution < -0.4 is 0 Å². The number of Topliss-reactive ketones (excluding diaryl/α,β-unsaturated/α-hetero) is 1. The summed E-state index contributed by atoms with van der Waals surface area (Å²) in [5.41, 5.74) is 1.67. The first kappa shape index (κ1) is 13.4. The lowest BCUT2D eigenvalue weighted by Crippen LogP contribution is -2.29. The van der Waals surface area contributed by atoms with Crippen molar-refractivity contribution < 1.29 is 9.59 Å². The van der Waals surface area contributed by atoms with Crippen LogP contribution in [-0.2, 0) is 4.79 Å². The van der Waals surface area contributed by atoms with Gasteiger partial charge >= 0.3 is 0 Å². The minimum absolute atomic E-state index is 0.00747. The summed E-state index contributed by atoms with van der Waals surface area (Å²) < 4.78 is 0. The van der Waals surface area contributed by atoms with Gasteiger partial charge in [-0.2, -0.15) is 0 Å². The maximum atomic E-state index is 12.0. The van der Waals surface area contributed by atoms with E-state index in [9.17, 15) is 9.59 Å². The van der Waals surface area contributed by atoms with Crippen LogP contribution in [0.1, 0.15) is 29.3 Å². The van der Waals surface area contributed by atoms with Gasteiger partial charge in [-0.25, -0.2) is 0 Å². The first-order valence-electron chi connectivity index (χ1n) is 5.73. The van der Waals surface area contributed by atoms with Gasteiger partial charge in [-0.15, -0.1) is 0 Å². The van der Waals surface area contributed by atoms with Crippen LogP contribution in [0.2, 0.25) is 0 Å². The van der Waals surface area contributed by atoms with Crippen LogP contribution in [0, 0.1) is 12.8 Å². The van der Waals surface area contributed by atoms with E-state index in [1.807, 2.05) is 31.2 Å². The van der Waals surface area contributed by atoms with Gasteiger partial charge in [0.25, 0.3) is 0 Å². The second kappa shape index (κ2) is 5.62. The molecule has 0 aliphatic carbocycles. The highest BCUT2D eigenvalue weighted by atomic mass is 16.2. The lowest BCUT2D eigenvalue weighted by Gasteiger charge is -2.16. The van der Waals surface area contributed by atoms with Gasteiger partial charge in [-0.1, -0.05) is 31.2 Å². The molecule has 1 aromatic carbocycles. The molecule has 1 unspecified atom stereocenters. The summed E-state index contributed by atoms with van der Waals surface area (Å²) >= 11 is 0. The molecule has 1 aromatic rings. The van der Waals surface area contributed by atoms with E-state index in [-0.39, 0.29) is 24.0 Å². The summed E-state index contributed by atoms with van der Waals surface area (Å²) in [5.74, 6) is -0.241. The van der Waals surface area contributed by atoms with Gasteiger partial charge in [0.2, 0.25) is 5.91 Å². The zero-order valence-corrected chi connectivity index (χ0v) is 10.9. The van der Waals surface area contributed by atoms with E-state index >= 15 is 0 Å². The zero-order valence-electron chi connectivity index (χ0n) is 10.9. The number of rotatable bonds is 4. The summed E-state index contributed by atoms with van der Waals surface area (Å²) in [6.45, 7) is 3.70. The van der Waals surface area contributed by atoms with E-state index in [1.54, 1.807) is 21.0 Å². The highest BCUT2D eigenvalue weighted by Crippen LogP contribution is 2.14. The predicted molar refractivity (Wildman–Crippen MR) is 68.0 cm³/mol. The Morgan fingerprint density at radius 3 is 2.35 bits per heavy atom. The fourth-order valence-corrected chi connectivity index (χ4v) is 1.80. The third-order valence-electron chi connectivity index (χ3n) is 2.80. The number of aryl methyl sites for hydroxylation is 1. The number of carbonyl (C=O) groups is 2. The van der Waals surface area contributed by atoms with Gasteiger partial charge in [0.15, 0.2) is 5.78 Å². The quantitative estimate of drug-likeness (QED) is 0.748. The molecule has 0 aliphatic rings. The van der Waals surface area contributed by atoms with Crippen LogP contribution in [-0.4, -0.2) is 30.7 Å². The normalized spacial score (nSPS) is 12.0. The van der Waals surface area contributed by atoms with Gasteiger partial charge in [-0.05, 0) is 12.5 Å². The number of ketones is 1. The smallest absolute Gasteiger partial charge is 0.225 e. The van der Waals surface area contributed by atoms with Crippen molar-refractivity contribution in [3.8, 4) is 0 Å². The van der Waals surface area contributed by atoms with Crippen LogP contribution in [0.3, 0.4) is 0 Å². The predicted octanol–water partition coefficient (Wildman–Crippen LogP) is 2.29. The molecule has 0 saturated heterocycles. The molecule has 0 N–H and O–H groups in total. The van der Waals surface area contributed by atoms with E-state index < -0.39 is 0 Å². The third kappa shape index (κ3) is 3.41. The Bertz CT molecular complexity index is 424. The highest BCUT2D eigenvalue weighted by Gasteiger charge is 2.19. The number of amides is 1. The molecule has 0 aromatic heterocycles. The van der Waals surface area contributed by atoms with E-state index in [1.165, 1.54) is 4.90 Å².